The number of rotatable bonds is 2. The van der Waals surface area contributed by atoms with Gasteiger partial charge in [0.1, 0.15) is 5.54 Å². The molecule has 0 aromatic heterocycles. The van der Waals surface area contributed by atoms with Crippen molar-refractivity contribution in [2.24, 2.45) is 0 Å². The van der Waals surface area contributed by atoms with Gasteiger partial charge in [-0.2, -0.15) is 5.26 Å². The molecule has 96 valence electrons. The minimum absolute atomic E-state index is 0.235. The highest BCUT2D eigenvalue weighted by Gasteiger charge is 2.29. The second-order valence-electron chi connectivity index (χ2n) is 4.72. The van der Waals surface area contributed by atoms with E-state index >= 15 is 0 Å². The number of carbonyl (C=O) groups excluding carboxylic acids is 1. The van der Waals surface area contributed by atoms with E-state index in [1.165, 1.54) is 4.90 Å². The van der Waals surface area contributed by atoms with E-state index in [1.54, 1.807) is 27.0 Å². The first-order valence-corrected chi connectivity index (χ1v) is 6.53. The van der Waals surface area contributed by atoms with Crippen LogP contribution in [0.3, 0.4) is 0 Å². The third kappa shape index (κ3) is 2.75. The van der Waals surface area contributed by atoms with E-state index in [0.29, 0.717) is 11.3 Å². The molecule has 5 heteroatoms. The molecule has 0 radical (unpaired) electrons. The van der Waals surface area contributed by atoms with Crippen LogP contribution in [0, 0.1) is 21.8 Å². The Morgan fingerprint density at radius 3 is 2.56 bits per heavy atom. The second kappa shape index (κ2) is 5.14. The van der Waals surface area contributed by atoms with E-state index in [0.717, 1.165) is 9.13 Å². The monoisotopic (exact) mass is 357 g/mol. The van der Waals surface area contributed by atoms with Crippen molar-refractivity contribution in [1.82, 2.24) is 4.90 Å². The highest BCUT2D eigenvalue weighted by molar-refractivity contribution is 14.1. The lowest BCUT2D eigenvalue weighted by Gasteiger charge is -2.29. The predicted molar refractivity (Wildman–Crippen MR) is 80.1 cm³/mol. The Bertz CT molecular complexity index is 532. The molecule has 0 aliphatic heterocycles. The van der Waals surface area contributed by atoms with Crippen LogP contribution >= 0.6 is 22.6 Å². The van der Waals surface area contributed by atoms with Crippen molar-refractivity contribution in [3.8, 4) is 6.07 Å². The lowest BCUT2D eigenvalue weighted by atomic mass is 10.0. The van der Waals surface area contributed by atoms with Crippen molar-refractivity contribution in [2.75, 3.05) is 12.8 Å². The van der Waals surface area contributed by atoms with Gasteiger partial charge in [-0.3, -0.25) is 4.79 Å². The van der Waals surface area contributed by atoms with E-state index in [4.69, 9.17) is 11.0 Å². The van der Waals surface area contributed by atoms with Crippen LogP contribution in [0.15, 0.2) is 12.1 Å². The maximum absolute atomic E-state index is 12.4. The quantitative estimate of drug-likeness (QED) is 0.653. The summed E-state index contributed by atoms with van der Waals surface area (Å²) in [7, 11) is 1.61. The SMILES string of the molecule is Cc1cc(I)cc(C(=O)N(C)C(C)(C)C#N)c1N. The van der Waals surface area contributed by atoms with Crippen LogP contribution in [0.2, 0.25) is 0 Å². The summed E-state index contributed by atoms with van der Waals surface area (Å²) in [6, 6.07) is 5.77. The highest BCUT2D eigenvalue weighted by atomic mass is 127. The maximum Gasteiger partial charge on any atom is 0.257 e. The van der Waals surface area contributed by atoms with Crippen LogP contribution in [0.1, 0.15) is 29.8 Å². The van der Waals surface area contributed by atoms with E-state index in [2.05, 4.69) is 28.7 Å². The van der Waals surface area contributed by atoms with Gasteiger partial charge < -0.3 is 10.6 Å². The number of nitriles is 1. The number of anilines is 1. The lowest BCUT2D eigenvalue weighted by Crippen LogP contribution is -2.44. The number of nitrogens with zero attached hydrogens (tertiary/aromatic N) is 2. The van der Waals surface area contributed by atoms with Gasteiger partial charge in [0, 0.05) is 16.3 Å². The van der Waals surface area contributed by atoms with Gasteiger partial charge in [-0.25, -0.2) is 0 Å². The molecule has 0 fully saturated rings. The molecule has 0 spiro atoms. The topological polar surface area (TPSA) is 70.1 Å². The summed E-state index contributed by atoms with van der Waals surface area (Å²) in [5.41, 5.74) is 6.87. The van der Waals surface area contributed by atoms with E-state index in [9.17, 15) is 4.79 Å². The third-order valence-electron chi connectivity index (χ3n) is 3.00. The van der Waals surface area contributed by atoms with Crippen molar-refractivity contribution >= 4 is 34.2 Å². The van der Waals surface area contributed by atoms with Crippen LogP contribution in [0.4, 0.5) is 5.69 Å². The van der Waals surface area contributed by atoms with Crippen LogP contribution in [0.25, 0.3) is 0 Å². The van der Waals surface area contributed by atoms with Crippen molar-refractivity contribution < 1.29 is 4.79 Å². The fourth-order valence-corrected chi connectivity index (χ4v) is 2.22. The Hall–Kier alpha value is -1.29. The van der Waals surface area contributed by atoms with E-state index in [1.807, 2.05) is 13.0 Å². The molecule has 2 N–H and O–H groups in total. The number of nitrogen functional groups attached to an aromatic ring is 1. The van der Waals surface area contributed by atoms with Crippen LogP contribution in [0.5, 0.6) is 0 Å². The van der Waals surface area contributed by atoms with Crippen molar-refractivity contribution in [2.45, 2.75) is 26.3 Å². The molecule has 1 aromatic carbocycles. The van der Waals surface area contributed by atoms with Crippen molar-refractivity contribution in [1.29, 1.82) is 5.26 Å². The second-order valence-corrected chi connectivity index (χ2v) is 5.96. The number of aryl methyl sites for hydroxylation is 1. The number of halogens is 1. The van der Waals surface area contributed by atoms with Crippen molar-refractivity contribution in [3.05, 3.63) is 26.8 Å². The summed E-state index contributed by atoms with van der Waals surface area (Å²) in [6.45, 7) is 5.26. The molecule has 0 unspecified atom stereocenters. The molecule has 0 heterocycles. The average Bonchev–Trinajstić information content (AvgIpc) is 2.31. The summed E-state index contributed by atoms with van der Waals surface area (Å²) >= 11 is 2.14. The summed E-state index contributed by atoms with van der Waals surface area (Å²) < 4.78 is 0.950. The fourth-order valence-electron chi connectivity index (χ4n) is 1.44. The largest absolute Gasteiger partial charge is 0.398 e. The molecule has 1 aromatic rings. The first-order valence-electron chi connectivity index (χ1n) is 5.45. The summed E-state index contributed by atoms with van der Waals surface area (Å²) in [6.07, 6.45) is 0. The number of amides is 1. The minimum atomic E-state index is -0.862. The van der Waals surface area contributed by atoms with Crippen LogP contribution < -0.4 is 5.73 Å². The smallest absolute Gasteiger partial charge is 0.257 e. The molecule has 0 aliphatic rings. The fraction of sp³-hybridized carbons (Fsp3) is 0.385. The number of hydrogen-bond acceptors (Lipinski definition) is 3. The van der Waals surface area contributed by atoms with E-state index in [-0.39, 0.29) is 5.91 Å². The zero-order chi connectivity index (χ0) is 14.1. The first-order chi connectivity index (χ1) is 8.20. The third-order valence-corrected chi connectivity index (χ3v) is 3.62. The number of nitrogens with two attached hydrogens (primary N) is 1. The molecular formula is C13H16IN3O. The maximum atomic E-state index is 12.4. The van der Waals surface area contributed by atoms with Gasteiger partial charge in [0.15, 0.2) is 0 Å². The van der Waals surface area contributed by atoms with Gasteiger partial charge in [-0.15, -0.1) is 0 Å². The molecule has 4 nitrogen and oxygen atoms in total. The van der Waals surface area contributed by atoms with Gasteiger partial charge in [0.05, 0.1) is 11.6 Å². The molecule has 0 saturated heterocycles. The first kappa shape index (κ1) is 14.8. The summed E-state index contributed by atoms with van der Waals surface area (Å²) in [5.74, 6) is -0.235. The number of benzene rings is 1. The molecule has 0 saturated carbocycles. The zero-order valence-electron chi connectivity index (χ0n) is 10.9. The van der Waals surface area contributed by atoms with Crippen LogP contribution in [-0.4, -0.2) is 23.4 Å². The normalized spacial score (nSPS) is 10.9. The van der Waals surface area contributed by atoms with Gasteiger partial charge >= 0.3 is 0 Å². The minimum Gasteiger partial charge on any atom is -0.398 e. The molecular weight excluding hydrogens is 341 g/mol. The van der Waals surface area contributed by atoms with Crippen LogP contribution in [-0.2, 0) is 0 Å². The Morgan fingerprint density at radius 2 is 2.06 bits per heavy atom. The Kier molecular flexibility index (Phi) is 4.22. The Labute approximate surface area is 121 Å². The molecule has 18 heavy (non-hydrogen) atoms. The molecule has 0 aliphatic carbocycles. The number of hydrogen-bond donors (Lipinski definition) is 1. The lowest BCUT2D eigenvalue weighted by molar-refractivity contribution is 0.0699. The van der Waals surface area contributed by atoms with Gasteiger partial charge in [0.25, 0.3) is 5.91 Å². The molecule has 0 atom stereocenters. The zero-order valence-corrected chi connectivity index (χ0v) is 13.1. The number of carbonyl (C=O) groups is 1. The van der Waals surface area contributed by atoms with Crippen molar-refractivity contribution in [3.63, 3.8) is 0 Å². The van der Waals surface area contributed by atoms with Gasteiger partial charge in [-0.05, 0) is 61.1 Å². The summed E-state index contributed by atoms with van der Waals surface area (Å²) in [5, 5.41) is 9.06. The Balaban J connectivity index is 3.25. The van der Waals surface area contributed by atoms with E-state index < -0.39 is 5.54 Å². The predicted octanol–water partition coefficient (Wildman–Crippen LogP) is 2.56. The van der Waals surface area contributed by atoms with Gasteiger partial charge in [-0.1, -0.05) is 0 Å². The molecule has 1 amide bonds. The summed E-state index contributed by atoms with van der Waals surface area (Å²) in [4.78, 5) is 13.8. The standard InChI is InChI=1S/C13H16IN3O/c1-8-5-9(14)6-10(11(8)16)12(18)17(4)13(2,3)7-15/h5-6H,16H2,1-4H3. The Morgan fingerprint density at radius 1 is 1.50 bits per heavy atom. The average molecular weight is 357 g/mol. The van der Waals surface area contributed by atoms with Gasteiger partial charge in [0.2, 0.25) is 0 Å². The molecule has 1 rings (SSSR count). The molecule has 0 bridgehead atoms. The highest BCUT2D eigenvalue weighted by Crippen LogP contribution is 2.24.